The summed E-state index contributed by atoms with van der Waals surface area (Å²) in [6, 6.07) is -0.980. The van der Waals surface area contributed by atoms with Crippen LogP contribution in [0.4, 0.5) is 0 Å². The molecule has 0 heterocycles. The number of aliphatic hydroxyl groups is 2. The molecule has 0 aliphatic carbocycles. The van der Waals surface area contributed by atoms with Gasteiger partial charge in [0.05, 0.1) is 46.0 Å². The van der Waals surface area contributed by atoms with Crippen molar-refractivity contribution < 1.29 is 38.0 Å². The summed E-state index contributed by atoms with van der Waals surface area (Å²) in [4.78, 5) is 23.1. The van der Waals surface area contributed by atoms with Gasteiger partial charge in [-0.25, -0.2) is 4.57 Å². The molecular weight excluding hydrogens is 711 g/mol. The van der Waals surface area contributed by atoms with Gasteiger partial charge in [-0.05, 0) is 70.6 Å². The van der Waals surface area contributed by atoms with Crippen LogP contribution in [0.5, 0.6) is 0 Å². The standard InChI is InChI=1S/C45H77N2O7P/c1-6-8-10-12-14-16-18-20-21-22-24-25-27-29-31-33-35-42(48)37-38-45(50)46-43(41-54-55(51,52)53-40-39-47(3,4)5)44(49)36-34-32-30-28-26-23-19-17-15-13-11-9-7-2/h8,10-11,13-14,16,20-21,24-25,29,31,33-36,42-44,48-49H,6-7,9,12,15,17-19,22-23,26-28,30,32,37-41H2,1-5H3,(H-,46,50,51,52)/p+1/b10-8-,13-11-,16-14-,21-20-,25-24-,31-29-,35-33-,36-34+/t42?,43-,44+/m0/s1. The normalized spacial score (nSPS) is 16.0. The van der Waals surface area contributed by atoms with Crippen molar-refractivity contribution in [1.29, 1.82) is 0 Å². The molecule has 9 nitrogen and oxygen atoms in total. The number of allylic oxidation sites excluding steroid dienone is 14. The fourth-order valence-electron chi connectivity index (χ4n) is 5.03. The van der Waals surface area contributed by atoms with E-state index < -0.39 is 38.6 Å². The van der Waals surface area contributed by atoms with Gasteiger partial charge in [0.25, 0.3) is 0 Å². The topological polar surface area (TPSA) is 125 Å². The van der Waals surface area contributed by atoms with Gasteiger partial charge in [-0.1, -0.05) is 143 Å². The molecule has 10 heteroatoms. The SMILES string of the molecule is CC/C=C\C/C=C\C/C=C\C/C=C\C/C=C\C=C/C(O)CCC(=O)N[C@@H](COP(=O)(O)OCC[N+](C)(C)C)[C@H](O)/C=C/CCCCCCCC/C=C\CCC. The number of carbonyl (C=O) groups excluding carboxylic acids is 1. The number of nitrogens with one attached hydrogen (secondary N) is 1. The summed E-state index contributed by atoms with van der Waals surface area (Å²) in [5.74, 6) is -0.414. The Balaban J connectivity index is 4.77. The quantitative estimate of drug-likeness (QED) is 0.0166. The van der Waals surface area contributed by atoms with Crippen molar-refractivity contribution in [2.24, 2.45) is 0 Å². The number of aliphatic hydroxyl groups excluding tert-OH is 2. The summed E-state index contributed by atoms with van der Waals surface area (Å²) in [6.45, 7) is 4.41. The number of phosphoric ester groups is 1. The van der Waals surface area contributed by atoms with E-state index in [-0.39, 0.29) is 19.4 Å². The van der Waals surface area contributed by atoms with Crippen molar-refractivity contribution in [1.82, 2.24) is 5.32 Å². The van der Waals surface area contributed by atoms with Crippen LogP contribution < -0.4 is 5.32 Å². The minimum atomic E-state index is -4.41. The molecule has 0 aliphatic heterocycles. The monoisotopic (exact) mass is 790 g/mol. The predicted molar refractivity (Wildman–Crippen MR) is 232 cm³/mol. The first kappa shape index (κ1) is 52.4. The van der Waals surface area contributed by atoms with E-state index in [1.807, 2.05) is 39.4 Å². The maximum absolute atomic E-state index is 12.8. The zero-order valence-electron chi connectivity index (χ0n) is 35.0. The average molecular weight is 790 g/mol. The minimum absolute atomic E-state index is 0.00405. The van der Waals surface area contributed by atoms with Crippen molar-refractivity contribution >= 4 is 13.7 Å². The summed E-state index contributed by atoms with van der Waals surface area (Å²) < 4.78 is 23.4. The van der Waals surface area contributed by atoms with Gasteiger partial charge >= 0.3 is 7.82 Å². The van der Waals surface area contributed by atoms with Gasteiger partial charge in [-0.2, -0.15) is 0 Å². The molecule has 0 bridgehead atoms. The highest BCUT2D eigenvalue weighted by Gasteiger charge is 2.28. The van der Waals surface area contributed by atoms with E-state index in [9.17, 15) is 24.5 Å². The van der Waals surface area contributed by atoms with Gasteiger partial charge in [-0.15, -0.1) is 0 Å². The molecule has 4 atom stereocenters. The highest BCUT2D eigenvalue weighted by atomic mass is 31.2. The first-order valence-corrected chi connectivity index (χ1v) is 22.2. The van der Waals surface area contributed by atoms with Crippen LogP contribution in [0.25, 0.3) is 0 Å². The Morgan fingerprint density at radius 1 is 0.691 bits per heavy atom. The van der Waals surface area contributed by atoms with Crippen LogP contribution in [0.2, 0.25) is 0 Å². The van der Waals surface area contributed by atoms with Crippen molar-refractivity contribution in [2.75, 3.05) is 40.9 Å². The molecule has 0 rings (SSSR count). The van der Waals surface area contributed by atoms with Crippen LogP contribution in [0.15, 0.2) is 97.2 Å². The van der Waals surface area contributed by atoms with E-state index in [4.69, 9.17) is 9.05 Å². The van der Waals surface area contributed by atoms with Crippen LogP contribution in [-0.2, 0) is 18.4 Å². The fourth-order valence-corrected chi connectivity index (χ4v) is 5.77. The first-order valence-electron chi connectivity index (χ1n) is 20.7. The molecule has 55 heavy (non-hydrogen) atoms. The van der Waals surface area contributed by atoms with E-state index in [2.05, 4.69) is 79.9 Å². The van der Waals surface area contributed by atoms with Gasteiger partial charge in [-0.3, -0.25) is 13.8 Å². The lowest BCUT2D eigenvalue weighted by atomic mass is 10.1. The third-order valence-electron chi connectivity index (χ3n) is 8.38. The Hall–Kier alpha value is -2.62. The number of rotatable bonds is 35. The Labute approximate surface area is 335 Å². The van der Waals surface area contributed by atoms with E-state index in [1.54, 1.807) is 18.2 Å². The molecule has 0 saturated heterocycles. The molecule has 0 radical (unpaired) electrons. The number of phosphoric acid groups is 1. The molecule has 0 saturated carbocycles. The van der Waals surface area contributed by atoms with E-state index in [1.165, 1.54) is 32.1 Å². The number of likely N-dealkylation sites (N-methyl/N-ethyl adjacent to an activating group) is 1. The number of hydrogen-bond donors (Lipinski definition) is 4. The Morgan fingerprint density at radius 2 is 1.24 bits per heavy atom. The number of hydrogen-bond acceptors (Lipinski definition) is 6. The molecule has 0 aromatic rings. The van der Waals surface area contributed by atoms with E-state index in [0.717, 1.165) is 64.2 Å². The molecule has 0 aromatic carbocycles. The first-order chi connectivity index (χ1) is 26.4. The number of carbonyl (C=O) groups is 1. The lowest BCUT2D eigenvalue weighted by Crippen LogP contribution is -2.45. The summed E-state index contributed by atoms with van der Waals surface area (Å²) >= 11 is 0. The Morgan fingerprint density at radius 3 is 1.82 bits per heavy atom. The van der Waals surface area contributed by atoms with Crippen molar-refractivity contribution in [3.05, 3.63) is 97.2 Å². The third-order valence-corrected chi connectivity index (χ3v) is 9.36. The molecule has 1 amide bonds. The second-order valence-corrected chi connectivity index (χ2v) is 16.3. The summed E-state index contributed by atoms with van der Waals surface area (Å²) in [5, 5.41) is 24.0. The van der Waals surface area contributed by atoms with Crippen LogP contribution in [0.3, 0.4) is 0 Å². The maximum Gasteiger partial charge on any atom is 0.472 e. The van der Waals surface area contributed by atoms with Gasteiger partial charge < -0.3 is 24.9 Å². The molecule has 0 fully saturated rings. The lowest BCUT2D eigenvalue weighted by molar-refractivity contribution is -0.870. The van der Waals surface area contributed by atoms with Gasteiger partial charge in [0.15, 0.2) is 0 Å². The lowest BCUT2D eigenvalue weighted by Gasteiger charge is -2.25. The second kappa shape index (κ2) is 35.8. The van der Waals surface area contributed by atoms with Gasteiger partial charge in [0, 0.05) is 6.42 Å². The molecular formula is C45H78N2O7P+. The second-order valence-electron chi connectivity index (χ2n) is 14.8. The largest absolute Gasteiger partial charge is 0.472 e. The van der Waals surface area contributed by atoms with Crippen molar-refractivity contribution in [3.8, 4) is 0 Å². The zero-order chi connectivity index (χ0) is 40.9. The van der Waals surface area contributed by atoms with Crippen molar-refractivity contribution in [2.45, 2.75) is 141 Å². The summed E-state index contributed by atoms with van der Waals surface area (Å²) in [5.41, 5.74) is 0. The molecule has 0 aliphatic rings. The Kier molecular flexibility index (Phi) is 34.1. The van der Waals surface area contributed by atoms with Gasteiger partial charge in [0.1, 0.15) is 13.2 Å². The number of nitrogens with zero attached hydrogens (tertiary/aromatic N) is 1. The summed E-state index contributed by atoms with van der Waals surface area (Å²) in [6.07, 6.45) is 46.6. The molecule has 4 N–H and O–H groups in total. The maximum atomic E-state index is 12.8. The number of quaternary nitrogens is 1. The van der Waals surface area contributed by atoms with Crippen LogP contribution >= 0.6 is 7.82 Å². The van der Waals surface area contributed by atoms with Crippen LogP contribution in [0, 0.1) is 0 Å². The molecule has 0 aromatic heterocycles. The van der Waals surface area contributed by atoms with Crippen LogP contribution in [-0.4, -0.2) is 84.6 Å². The molecule has 2 unspecified atom stereocenters. The molecule has 0 spiro atoms. The number of amides is 1. The van der Waals surface area contributed by atoms with E-state index in [0.29, 0.717) is 11.0 Å². The summed E-state index contributed by atoms with van der Waals surface area (Å²) in [7, 11) is 1.40. The van der Waals surface area contributed by atoms with Crippen LogP contribution in [0.1, 0.15) is 123 Å². The van der Waals surface area contributed by atoms with Gasteiger partial charge in [0.2, 0.25) is 5.91 Å². The highest BCUT2D eigenvalue weighted by molar-refractivity contribution is 7.47. The van der Waals surface area contributed by atoms with E-state index >= 15 is 0 Å². The third kappa shape index (κ3) is 38.1. The zero-order valence-corrected chi connectivity index (χ0v) is 35.9. The molecule has 314 valence electrons. The minimum Gasteiger partial charge on any atom is -0.389 e. The smallest absolute Gasteiger partial charge is 0.389 e. The fraction of sp³-hybridized carbons (Fsp3) is 0.622. The Bertz CT molecular complexity index is 1230. The average Bonchev–Trinajstić information content (AvgIpc) is 3.13. The highest BCUT2D eigenvalue weighted by Crippen LogP contribution is 2.43. The predicted octanol–water partition coefficient (Wildman–Crippen LogP) is 10.2. The van der Waals surface area contributed by atoms with Crippen molar-refractivity contribution in [3.63, 3.8) is 0 Å². The number of unbranched alkanes of at least 4 members (excludes halogenated alkanes) is 8.